The zero-order chi connectivity index (χ0) is 34.9. The van der Waals surface area contributed by atoms with E-state index in [2.05, 4.69) is 140 Å². The van der Waals surface area contributed by atoms with Crippen molar-refractivity contribution in [3.05, 3.63) is 176 Å². The van der Waals surface area contributed by atoms with Gasteiger partial charge in [-0.15, -0.1) is 0 Å². The van der Waals surface area contributed by atoms with Gasteiger partial charge in [-0.05, 0) is 61.8 Å². The lowest BCUT2D eigenvalue weighted by molar-refractivity contribution is 0.670. The average molecular weight is 676 g/mol. The summed E-state index contributed by atoms with van der Waals surface area (Å²) < 4.78 is 6.77. The van der Waals surface area contributed by atoms with Crippen molar-refractivity contribution < 1.29 is 4.42 Å². The van der Waals surface area contributed by atoms with E-state index in [1.807, 2.05) is 36.4 Å². The molecule has 246 valence electrons. The molecule has 0 unspecified atom stereocenters. The van der Waals surface area contributed by atoms with E-state index < -0.39 is 0 Å². The molecule has 1 aliphatic rings. The highest BCUT2D eigenvalue weighted by Gasteiger charge is 2.25. The summed E-state index contributed by atoms with van der Waals surface area (Å²) in [4.78, 5) is 15.6. The number of nitrogens with zero attached hydrogens (tertiary/aromatic N) is 3. The Kier molecular flexibility index (Phi) is 6.52. The molecule has 0 atom stereocenters. The van der Waals surface area contributed by atoms with E-state index in [1.165, 1.54) is 27.6 Å². The van der Waals surface area contributed by atoms with E-state index in [0.29, 0.717) is 17.5 Å². The third kappa shape index (κ3) is 4.59. The summed E-state index contributed by atoms with van der Waals surface area (Å²) in [6.07, 6.45) is 0. The van der Waals surface area contributed by atoms with Gasteiger partial charge in [-0.2, -0.15) is 0 Å². The second-order valence-corrected chi connectivity index (χ2v) is 13.5. The minimum absolute atomic E-state index is 0.601. The van der Waals surface area contributed by atoms with Crippen LogP contribution in [0, 0.1) is 0 Å². The average Bonchev–Trinajstić information content (AvgIpc) is 3.78. The Morgan fingerprint density at radius 3 is 1.51 bits per heavy atom. The Hall–Kier alpha value is -7.17. The molecule has 0 N–H and O–H groups in total. The van der Waals surface area contributed by atoms with Gasteiger partial charge in [0.25, 0.3) is 0 Å². The number of benzene rings is 8. The quantitative estimate of drug-likeness (QED) is 0.182. The number of furan rings is 1. The Morgan fingerprint density at radius 2 is 0.774 bits per heavy atom. The van der Waals surface area contributed by atoms with Gasteiger partial charge in [0.05, 0.1) is 0 Å². The number of fused-ring (bicyclic) bond motifs is 6. The van der Waals surface area contributed by atoms with Crippen LogP contribution in [0.2, 0.25) is 0 Å². The van der Waals surface area contributed by atoms with Crippen molar-refractivity contribution in [3.8, 4) is 78.7 Å². The van der Waals surface area contributed by atoms with Gasteiger partial charge >= 0.3 is 0 Å². The molecular weight excluding hydrogens is 647 g/mol. The number of rotatable bonds is 5. The first kappa shape index (κ1) is 29.5. The molecule has 0 radical (unpaired) electrons. The molecular formula is C49H29N3O. The Morgan fingerprint density at radius 1 is 0.283 bits per heavy atom. The van der Waals surface area contributed by atoms with Gasteiger partial charge in [0.15, 0.2) is 17.5 Å². The van der Waals surface area contributed by atoms with E-state index in [4.69, 9.17) is 19.4 Å². The van der Waals surface area contributed by atoms with Crippen LogP contribution >= 0.6 is 0 Å². The molecule has 0 aliphatic heterocycles. The maximum Gasteiger partial charge on any atom is 0.164 e. The lowest BCUT2D eigenvalue weighted by Gasteiger charge is -2.12. The molecule has 4 nitrogen and oxygen atoms in total. The van der Waals surface area contributed by atoms with Crippen LogP contribution in [-0.2, 0) is 0 Å². The van der Waals surface area contributed by atoms with Gasteiger partial charge in [0.1, 0.15) is 11.2 Å². The Bertz CT molecular complexity index is 3030. The zero-order valence-corrected chi connectivity index (χ0v) is 28.5. The summed E-state index contributed by atoms with van der Waals surface area (Å²) in [5, 5.41) is 4.36. The highest BCUT2D eigenvalue weighted by molar-refractivity contribution is 6.19. The smallest absolute Gasteiger partial charge is 0.164 e. The molecule has 53 heavy (non-hydrogen) atoms. The fourth-order valence-corrected chi connectivity index (χ4v) is 8.17. The number of hydrogen-bond donors (Lipinski definition) is 0. The number of aromatic nitrogens is 3. The maximum absolute atomic E-state index is 6.77. The van der Waals surface area contributed by atoms with Crippen molar-refractivity contribution in [2.75, 3.05) is 0 Å². The molecule has 0 bridgehead atoms. The molecule has 2 aromatic heterocycles. The molecule has 0 saturated carbocycles. The van der Waals surface area contributed by atoms with E-state index >= 15 is 0 Å². The molecule has 0 amide bonds. The monoisotopic (exact) mass is 675 g/mol. The van der Waals surface area contributed by atoms with Gasteiger partial charge in [-0.25, -0.2) is 15.0 Å². The summed E-state index contributed by atoms with van der Waals surface area (Å²) in [5.74, 6) is 1.86. The first-order chi connectivity index (χ1) is 26.3. The summed E-state index contributed by atoms with van der Waals surface area (Å²) in [6, 6.07) is 61.3. The molecule has 2 heterocycles. The minimum Gasteiger partial charge on any atom is -0.455 e. The van der Waals surface area contributed by atoms with E-state index in [0.717, 1.165) is 66.3 Å². The lowest BCUT2D eigenvalue weighted by atomic mass is 9.93. The van der Waals surface area contributed by atoms with Crippen molar-refractivity contribution in [2.24, 2.45) is 0 Å². The van der Waals surface area contributed by atoms with Crippen LogP contribution in [0.1, 0.15) is 0 Å². The van der Waals surface area contributed by atoms with Gasteiger partial charge in [-0.1, -0.05) is 164 Å². The van der Waals surface area contributed by atoms with Gasteiger partial charge in [0.2, 0.25) is 0 Å². The lowest BCUT2D eigenvalue weighted by Crippen LogP contribution is -2.01. The van der Waals surface area contributed by atoms with E-state index in [9.17, 15) is 0 Å². The number of para-hydroxylation sites is 1. The van der Waals surface area contributed by atoms with Crippen molar-refractivity contribution >= 4 is 32.7 Å². The zero-order valence-electron chi connectivity index (χ0n) is 28.5. The maximum atomic E-state index is 6.77. The predicted molar refractivity (Wildman–Crippen MR) is 216 cm³/mol. The first-order valence-electron chi connectivity index (χ1n) is 17.9. The van der Waals surface area contributed by atoms with Crippen LogP contribution in [0.25, 0.3) is 111 Å². The van der Waals surface area contributed by atoms with Crippen molar-refractivity contribution in [2.45, 2.75) is 0 Å². The fourth-order valence-electron chi connectivity index (χ4n) is 8.17. The largest absolute Gasteiger partial charge is 0.455 e. The van der Waals surface area contributed by atoms with Gasteiger partial charge < -0.3 is 4.42 Å². The van der Waals surface area contributed by atoms with Gasteiger partial charge in [0, 0.05) is 33.0 Å². The van der Waals surface area contributed by atoms with Crippen molar-refractivity contribution in [1.29, 1.82) is 0 Å². The van der Waals surface area contributed by atoms with Crippen molar-refractivity contribution in [3.63, 3.8) is 0 Å². The highest BCUT2D eigenvalue weighted by atomic mass is 16.3. The normalized spacial score (nSPS) is 11.8. The van der Waals surface area contributed by atoms with Crippen LogP contribution in [0.5, 0.6) is 0 Å². The third-order valence-corrected chi connectivity index (χ3v) is 10.5. The standard InChI is InChI=1S/C49H29N3O/c1-3-14-30(15-4-1)32-18-7-8-19-33(32)39-24-12-25-41-45-42(26-13-27-43(45)53-46(39)41)49-51-47(31-16-5-2-6-17-31)50-48(52-49)40-29-28-38-35-21-10-9-20-34(35)36-22-11-23-37(40)44(36)38/h1-29H. The van der Waals surface area contributed by atoms with Crippen LogP contribution in [0.4, 0.5) is 0 Å². The minimum atomic E-state index is 0.601. The second-order valence-electron chi connectivity index (χ2n) is 13.5. The molecule has 11 rings (SSSR count). The summed E-state index contributed by atoms with van der Waals surface area (Å²) in [6.45, 7) is 0. The number of hydrogen-bond acceptors (Lipinski definition) is 4. The van der Waals surface area contributed by atoms with Crippen LogP contribution in [-0.4, -0.2) is 15.0 Å². The first-order valence-corrected chi connectivity index (χ1v) is 17.9. The second kappa shape index (κ2) is 11.7. The molecule has 0 spiro atoms. The summed E-state index contributed by atoms with van der Waals surface area (Å²) in [7, 11) is 0. The van der Waals surface area contributed by atoms with Gasteiger partial charge in [-0.3, -0.25) is 0 Å². The Labute approximate surface area is 305 Å². The molecule has 0 saturated heterocycles. The van der Waals surface area contributed by atoms with E-state index in [1.54, 1.807) is 0 Å². The SMILES string of the molecule is c1ccc(-c2nc(-c3ccc4c5c(cccc35)-c3ccccc3-4)nc(-c3cccc4oc5c(-c6ccccc6-c6ccccc6)cccc5c34)n2)cc1. The molecule has 1 aliphatic carbocycles. The summed E-state index contributed by atoms with van der Waals surface area (Å²) in [5.41, 5.74) is 13.9. The van der Waals surface area contributed by atoms with Crippen LogP contribution < -0.4 is 0 Å². The topological polar surface area (TPSA) is 51.8 Å². The summed E-state index contributed by atoms with van der Waals surface area (Å²) >= 11 is 0. The van der Waals surface area contributed by atoms with Crippen molar-refractivity contribution in [1.82, 2.24) is 15.0 Å². The third-order valence-electron chi connectivity index (χ3n) is 10.5. The highest BCUT2D eigenvalue weighted by Crippen LogP contribution is 2.49. The van der Waals surface area contributed by atoms with Crippen LogP contribution in [0.15, 0.2) is 180 Å². The molecule has 0 fully saturated rings. The Balaban J connectivity index is 1.14. The molecule has 10 aromatic rings. The van der Waals surface area contributed by atoms with E-state index in [-0.39, 0.29) is 0 Å². The fraction of sp³-hybridized carbons (Fsp3) is 0. The molecule has 8 aromatic carbocycles. The van der Waals surface area contributed by atoms with Crippen LogP contribution in [0.3, 0.4) is 0 Å². The predicted octanol–water partition coefficient (Wildman–Crippen LogP) is 12.9. The molecule has 4 heteroatoms.